The van der Waals surface area contributed by atoms with Gasteiger partial charge in [0.05, 0.1) is 25.0 Å². The van der Waals surface area contributed by atoms with E-state index in [2.05, 4.69) is 9.71 Å². The molecule has 2 heterocycles. The van der Waals surface area contributed by atoms with Crippen LogP contribution in [0.5, 0.6) is 5.75 Å². The largest absolute Gasteiger partial charge is 0.598 e. The van der Waals surface area contributed by atoms with Gasteiger partial charge in [-0.3, -0.25) is 9.78 Å². The lowest BCUT2D eigenvalue weighted by Gasteiger charge is -2.26. The molecule has 0 spiro atoms. The van der Waals surface area contributed by atoms with E-state index in [0.717, 1.165) is 27.6 Å². The fourth-order valence-corrected chi connectivity index (χ4v) is 4.84. The molecule has 2 aromatic heterocycles. The monoisotopic (exact) mass is 552 g/mol. The number of fused-ring (bicyclic) bond motifs is 1. The summed E-state index contributed by atoms with van der Waals surface area (Å²) in [7, 11) is 0. The molecule has 0 unspecified atom stereocenters. The lowest BCUT2D eigenvalue weighted by atomic mass is 10.00. The number of halogens is 1. The van der Waals surface area contributed by atoms with Crippen LogP contribution in [0.15, 0.2) is 71.5 Å². The number of ether oxygens (including phenoxy) is 2. The quantitative estimate of drug-likeness (QED) is 0.174. The summed E-state index contributed by atoms with van der Waals surface area (Å²) in [4.78, 5) is 16.4. The molecule has 39 heavy (non-hydrogen) atoms. The van der Waals surface area contributed by atoms with Gasteiger partial charge in [-0.1, -0.05) is 18.2 Å². The van der Waals surface area contributed by atoms with Crippen LogP contribution in [0.3, 0.4) is 0 Å². The SMILES string of the molecule is CCOC(=O)Cc1ccccc1OCc1cc(-c2ccnc([C@@H](CF)N[S@@+]([O-])C(C)(C)C)c2)c2occc2c1. The van der Waals surface area contributed by atoms with Crippen LogP contribution in [0, 0.1) is 0 Å². The summed E-state index contributed by atoms with van der Waals surface area (Å²) in [6, 6.07) is 16.0. The average molecular weight is 553 g/mol. The van der Waals surface area contributed by atoms with Gasteiger partial charge in [-0.25, -0.2) is 4.39 Å². The van der Waals surface area contributed by atoms with Gasteiger partial charge in [0.25, 0.3) is 0 Å². The van der Waals surface area contributed by atoms with E-state index in [4.69, 9.17) is 13.9 Å². The van der Waals surface area contributed by atoms with Crippen molar-refractivity contribution in [2.24, 2.45) is 0 Å². The number of benzene rings is 2. The van der Waals surface area contributed by atoms with Crippen molar-refractivity contribution in [3.8, 4) is 16.9 Å². The van der Waals surface area contributed by atoms with Crippen molar-refractivity contribution in [2.75, 3.05) is 13.3 Å². The minimum atomic E-state index is -1.46. The number of nitrogens with one attached hydrogen (secondary N) is 1. The third-order valence-electron chi connectivity index (χ3n) is 6.03. The van der Waals surface area contributed by atoms with Crippen molar-refractivity contribution in [2.45, 2.75) is 51.5 Å². The molecule has 4 aromatic rings. The Kier molecular flexibility index (Phi) is 9.27. The van der Waals surface area contributed by atoms with E-state index >= 15 is 0 Å². The molecule has 0 saturated heterocycles. The lowest BCUT2D eigenvalue weighted by Crippen LogP contribution is -2.42. The van der Waals surface area contributed by atoms with Gasteiger partial charge in [0.2, 0.25) is 0 Å². The number of aromatic nitrogens is 1. The third kappa shape index (κ3) is 7.17. The van der Waals surface area contributed by atoms with E-state index in [0.29, 0.717) is 23.6 Å². The molecule has 7 nitrogen and oxygen atoms in total. The second-order valence-corrected chi connectivity index (χ2v) is 12.0. The van der Waals surface area contributed by atoms with Crippen LogP contribution < -0.4 is 9.46 Å². The van der Waals surface area contributed by atoms with Crippen LogP contribution in [-0.2, 0) is 33.9 Å². The number of hydrogen-bond donors (Lipinski definition) is 1. The first-order valence-corrected chi connectivity index (χ1v) is 13.9. The molecule has 206 valence electrons. The summed E-state index contributed by atoms with van der Waals surface area (Å²) in [6.45, 7) is 7.07. The number of rotatable bonds is 11. The summed E-state index contributed by atoms with van der Waals surface area (Å²) in [6.07, 6.45) is 3.35. The molecule has 1 N–H and O–H groups in total. The number of carbonyl (C=O) groups is 1. The fraction of sp³-hybridized carbons (Fsp3) is 0.333. The predicted molar refractivity (Wildman–Crippen MR) is 150 cm³/mol. The van der Waals surface area contributed by atoms with Crippen molar-refractivity contribution >= 4 is 28.3 Å². The lowest BCUT2D eigenvalue weighted by molar-refractivity contribution is -0.142. The number of nitrogens with zero attached hydrogens (tertiary/aromatic N) is 1. The number of pyridine rings is 1. The minimum Gasteiger partial charge on any atom is -0.598 e. The third-order valence-corrected chi connectivity index (χ3v) is 7.64. The van der Waals surface area contributed by atoms with Crippen LogP contribution in [0.25, 0.3) is 22.1 Å². The molecule has 0 aliphatic heterocycles. The van der Waals surface area contributed by atoms with Crippen molar-refractivity contribution in [1.82, 2.24) is 9.71 Å². The number of carbonyl (C=O) groups excluding carboxylic acids is 1. The van der Waals surface area contributed by atoms with E-state index < -0.39 is 28.8 Å². The number of alkyl halides is 1. The van der Waals surface area contributed by atoms with Gasteiger partial charge in [0.15, 0.2) is 0 Å². The number of esters is 1. The summed E-state index contributed by atoms with van der Waals surface area (Å²) < 4.78 is 45.9. The smallest absolute Gasteiger partial charge is 0.310 e. The van der Waals surface area contributed by atoms with Gasteiger partial charge >= 0.3 is 5.97 Å². The van der Waals surface area contributed by atoms with Crippen molar-refractivity contribution in [3.63, 3.8) is 0 Å². The Hall–Kier alpha value is -3.40. The molecule has 4 rings (SSSR count). The summed E-state index contributed by atoms with van der Waals surface area (Å²) in [5.74, 6) is 0.297. The normalized spacial score (nSPS) is 13.3. The zero-order valence-corrected chi connectivity index (χ0v) is 23.3. The van der Waals surface area contributed by atoms with Gasteiger partial charge in [-0.05, 0) is 75.2 Å². The Morgan fingerprint density at radius 2 is 1.97 bits per heavy atom. The van der Waals surface area contributed by atoms with E-state index in [1.807, 2.05) is 69.3 Å². The fourth-order valence-electron chi connectivity index (χ4n) is 4.04. The molecule has 2 atom stereocenters. The number of hydrogen-bond acceptors (Lipinski definition) is 7. The van der Waals surface area contributed by atoms with Crippen LogP contribution >= 0.6 is 0 Å². The maximum atomic E-state index is 14.0. The van der Waals surface area contributed by atoms with E-state index in [1.54, 1.807) is 25.5 Å². The Balaban J connectivity index is 1.61. The van der Waals surface area contributed by atoms with E-state index in [-0.39, 0.29) is 19.0 Å². The van der Waals surface area contributed by atoms with Crippen LogP contribution in [0.2, 0.25) is 0 Å². The molecular weight excluding hydrogens is 519 g/mol. The maximum absolute atomic E-state index is 14.0. The highest BCUT2D eigenvalue weighted by molar-refractivity contribution is 7.90. The molecule has 0 radical (unpaired) electrons. The van der Waals surface area contributed by atoms with Crippen molar-refractivity contribution < 1.29 is 27.6 Å². The van der Waals surface area contributed by atoms with Crippen LogP contribution in [0.4, 0.5) is 4.39 Å². The molecule has 9 heteroatoms. The van der Waals surface area contributed by atoms with Crippen molar-refractivity contribution in [3.05, 3.63) is 83.9 Å². The highest BCUT2D eigenvalue weighted by Crippen LogP contribution is 2.33. The standard InChI is InChI=1S/C30H33FN2O5S/c1-5-36-28(34)17-22-8-6-7-9-27(22)38-19-20-14-23-11-13-37-29(23)24(15-20)21-10-12-32-25(16-21)26(18-31)33-39(35)30(2,3)4/h6-16,26,33H,5,17-19H2,1-4H3/t26-,39+/m1/s1. The first kappa shape index (κ1) is 28.6. The Morgan fingerprint density at radius 3 is 2.72 bits per heavy atom. The Labute approximate surface area is 231 Å². The highest BCUT2D eigenvalue weighted by atomic mass is 32.2. The number of furan rings is 1. The van der Waals surface area contributed by atoms with Gasteiger partial charge in [0.1, 0.15) is 35.4 Å². The Morgan fingerprint density at radius 1 is 1.18 bits per heavy atom. The topological polar surface area (TPSA) is 96.7 Å². The van der Waals surface area contributed by atoms with E-state index in [9.17, 15) is 13.7 Å². The average Bonchev–Trinajstić information content (AvgIpc) is 3.39. The van der Waals surface area contributed by atoms with Gasteiger partial charge in [-0.15, -0.1) is 4.72 Å². The summed E-state index contributed by atoms with van der Waals surface area (Å²) in [5.41, 5.74) is 4.35. The predicted octanol–water partition coefficient (Wildman–Crippen LogP) is 6.24. The zero-order chi connectivity index (χ0) is 28.0. The summed E-state index contributed by atoms with van der Waals surface area (Å²) in [5, 5.41) is 0.887. The molecular formula is C30H33FN2O5S. The summed E-state index contributed by atoms with van der Waals surface area (Å²) >= 11 is -1.46. The van der Waals surface area contributed by atoms with Gasteiger partial charge < -0.3 is 18.4 Å². The number of para-hydroxylation sites is 1. The van der Waals surface area contributed by atoms with Gasteiger partial charge in [-0.2, -0.15) is 0 Å². The molecule has 0 bridgehead atoms. The molecule has 0 amide bonds. The first-order chi connectivity index (χ1) is 18.7. The van der Waals surface area contributed by atoms with Crippen LogP contribution in [-0.4, -0.2) is 33.5 Å². The molecule has 0 saturated carbocycles. The molecule has 2 aromatic carbocycles. The zero-order valence-electron chi connectivity index (χ0n) is 22.5. The Bertz CT molecular complexity index is 1420. The van der Waals surface area contributed by atoms with E-state index in [1.165, 1.54) is 0 Å². The van der Waals surface area contributed by atoms with Gasteiger partial charge in [0, 0.05) is 34.1 Å². The second-order valence-electron chi connectivity index (χ2n) is 10.0. The highest BCUT2D eigenvalue weighted by Gasteiger charge is 2.30. The first-order valence-electron chi connectivity index (χ1n) is 12.8. The second kappa shape index (κ2) is 12.6. The van der Waals surface area contributed by atoms with Crippen molar-refractivity contribution in [1.29, 1.82) is 0 Å². The maximum Gasteiger partial charge on any atom is 0.310 e. The molecule has 0 aliphatic rings. The minimum absolute atomic E-state index is 0.125. The van der Waals surface area contributed by atoms with Crippen LogP contribution in [0.1, 0.15) is 50.6 Å². The molecule has 0 fully saturated rings. The molecule has 0 aliphatic carbocycles.